The Balaban J connectivity index is 0.00000196. The molecule has 0 N–H and O–H groups in total. The Morgan fingerprint density at radius 2 is 1.87 bits per heavy atom. The van der Waals surface area contributed by atoms with Gasteiger partial charge in [-0.3, -0.25) is 0 Å². The second-order valence-electron chi connectivity index (χ2n) is 2.53. The van der Waals surface area contributed by atoms with Crippen LogP contribution < -0.4 is 34.3 Å². The van der Waals surface area contributed by atoms with Gasteiger partial charge >= 0.3 is 29.6 Å². The Morgan fingerprint density at radius 1 is 1.33 bits per heavy atom. The van der Waals surface area contributed by atoms with E-state index in [9.17, 15) is 13.0 Å². The summed E-state index contributed by atoms with van der Waals surface area (Å²) in [5.41, 5.74) is 0. The smallest absolute Gasteiger partial charge is 0.744 e. The Morgan fingerprint density at radius 3 is 2.27 bits per heavy atom. The normalized spacial score (nSPS) is 10.2. The van der Waals surface area contributed by atoms with E-state index in [1.807, 2.05) is 0 Å². The summed E-state index contributed by atoms with van der Waals surface area (Å²) in [5, 5.41) is 0. The zero-order valence-electron chi connectivity index (χ0n) is 8.34. The molecule has 0 heterocycles. The van der Waals surface area contributed by atoms with E-state index in [0.717, 1.165) is 0 Å². The zero-order valence-corrected chi connectivity index (χ0v) is 11.2. The van der Waals surface area contributed by atoms with Gasteiger partial charge in [0.15, 0.2) is 0 Å². The topological polar surface area (TPSA) is 66.4 Å². The van der Waals surface area contributed by atoms with Crippen molar-refractivity contribution in [1.29, 1.82) is 0 Å². The second kappa shape index (κ2) is 6.30. The van der Waals surface area contributed by atoms with Gasteiger partial charge in [0.2, 0.25) is 0 Å². The molecule has 15 heavy (non-hydrogen) atoms. The number of rotatable bonds is 4. The molecule has 0 atom stereocenters. The van der Waals surface area contributed by atoms with E-state index in [2.05, 4.69) is 6.58 Å². The molecule has 6 heteroatoms. The first kappa shape index (κ1) is 14.7. The SMILES string of the molecule is C=CCOc1ccc(S(=O)(=O)[O-])cc1.[Na+]. The average molecular weight is 236 g/mol. The van der Waals surface area contributed by atoms with E-state index in [4.69, 9.17) is 4.74 Å². The maximum atomic E-state index is 10.5. The van der Waals surface area contributed by atoms with Gasteiger partial charge in [0.1, 0.15) is 22.5 Å². The maximum Gasteiger partial charge on any atom is 1.00 e. The fourth-order valence-electron chi connectivity index (χ4n) is 0.858. The van der Waals surface area contributed by atoms with Crippen molar-refractivity contribution >= 4 is 10.1 Å². The number of benzene rings is 1. The number of ether oxygens (including phenoxy) is 1. The Bertz CT molecular complexity index is 410. The first-order valence-corrected chi connectivity index (χ1v) is 5.24. The number of hydrogen-bond donors (Lipinski definition) is 0. The molecule has 0 aliphatic carbocycles. The largest absolute Gasteiger partial charge is 1.00 e. The zero-order chi connectivity index (χ0) is 10.6. The van der Waals surface area contributed by atoms with Crippen LogP contribution in [0.4, 0.5) is 0 Å². The first-order chi connectivity index (χ1) is 6.54. The van der Waals surface area contributed by atoms with Crippen LogP contribution in [-0.2, 0) is 10.1 Å². The molecule has 4 nitrogen and oxygen atoms in total. The predicted molar refractivity (Wildman–Crippen MR) is 50.1 cm³/mol. The molecule has 0 saturated heterocycles. The Kier molecular flexibility index (Phi) is 6.16. The monoisotopic (exact) mass is 236 g/mol. The molecule has 0 radical (unpaired) electrons. The van der Waals surface area contributed by atoms with E-state index in [0.29, 0.717) is 12.4 Å². The Hall–Kier alpha value is -0.330. The predicted octanol–water partition coefficient (Wildman–Crippen LogP) is -1.84. The molecule has 0 aliphatic heterocycles. The van der Waals surface area contributed by atoms with Gasteiger partial charge < -0.3 is 9.29 Å². The van der Waals surface area contributed by atoms with E-state index >= 15 is 0 Å². The molecule has 0 saturated carbocycles. The van der Waals surface area contributed by atoms with Crippen LogP contribution in [0.1, 0.15) is 0 Å². The van der Waals surface area contributed by atoms with Crippen molar-refractivity contribution < 1.29 is 47.3 Å². The third kappa shape index (κ3) is 4.81. The van der Waals surface area contributed by atoms with Crippen molar-refractivity contribution in [3.8, 4) is 5.75 Å². The fraction of sp³-hybridized carbons (Fsp3) is 0.111. The average Bonchev–Trinajstić information content (AvgIpc) is 2.14. The fourth-order valence-corrected chi connectivity index (χ4v) is 1.33. The molecular weight excluding hydrogens is 227 g/mol. The van der Waals surface area contributed by atoms with E-state index in [-0.39, 0.29) is 34.5 Å². The molecule has 1 aromatic rings. The van der Waals surface area contributed by atoms with Gasteiger partial charge in [-0.15, -0.1) is 0 Å². The second-order valence-corrected chi connectivity index (χ2v) is 3.90. The molecule has 0 aromatic heterocycles. The molecule has 0 aliphatic rings. The molecule has 0 amide bonds. The summed E-state index contributed by atoms with van der Waals surface area (Å²) in [5.74, 6) is 0.498. The van der Waals surface area contributed by atoms with Crippen molar-refractivity contribution in [3.05, 3.63) is 36.9 Å². The molecule has 0 fully saturated rings. The van der Waals surface area contributed by atoms with Gasteiger partial charge in [0, 0.05) is 0 Å². The molecule has 1 rings (SSSR count). The van der Waals surface area contributed by atoms with Crippen molar-refractivity contribution in [3.63, 3.8) is 0 Å². The Labute approximate surface area is 111 Å². The van der Waals surface area contributed by atoms with Gasteiger partial charge in [-0.1, -0.05) is 12.7 Å². The molecule has 76 valence electrons. The first-order valence-electron chi connectivity index (χ1n) is 3.83. The summed E-state index contributed by atoms with van der Waals surface area (Å²) in [4.78, 5) is -0.261. The van der Waals surface area contributed by atoms with Crippen LogP contribution in [0.2, 0.25) is 0 Å². The molecule has 1 aromatic carbocycles. The quantitative estimate of drug-likeness (QED) is 0.350. The van der Waals surface area contributed by atoms with Gasteiger partial charge in [-0.05, 0) is 24.3 Å². The summed E-state index contributed by atoms with van der Waals surface area (Å²) >= 11 is 0. The van der Waals surface area contributed by atoms with Crippen molar-refractivity contribution in [2.24, 2.45) is 0 Å². The van der Waals surface area contributed by atoms with Gasteiger partial charge in [0.25, 0.3) is 0 Å². The summed E-state index contributed by atoms with van der Waals surface area (Å²) < 4.78 is 36.7. The van der Waals surface area contributed by atoms with Gasteiger partial charge in [-0.2, -0.15) is 0 Å². The minimum atomic E-state index is -4.37. The molecular formula is C9H9NaO4S. The van der Waals surface area contributed by atoms with Crippen LogP contribution in [0.3, 0.4) is 0 Å². The molecule has 0 unspecified atom stereocenters. The van der Waals surface area contributed by atoms with Crippen LogP contribution in [0.25, 0.3) is 0 Å². The van der Waals surface area contributed by atoms with E-state index in [1.165, 1.54) is 24.3 Å². The molecule has 0 bridgehead atoms. The summed E-state index contributed by atoms with van der Waals surface area (Å²) in [6, 6.07) is 5.27. The maximum absolute atomic E-state index is 10.5. The van der Waals surface area contributed by atoms with Crippen LogP contribution in [-0.4, -0.2) is 19.6 Å². The molecule has 0 spiro atoms. The van der Waals surface area contributed by atoms with Crippen LogP contribution in [0, 0.1) is 0 Å². The standard InChI is InChI=1S/C9H10O4S.Na/c1-2-7-13-8-3-5-9(6-4-8)14(10,11)12;/h2-6H,1,7H2,(H,10,11,12);/q;+1/p-1. The number of hydrogen-bond acceptors (Lipinski definition) is 4. The van der Waals surface area contributed by atoms with E-state index in [1.54, 1.807) is 6.08 Å². The minimum absolute atomic E-state index is 0. The van der Waals surface area contributed by atoms with Crippen LogP contribution >= 0.6 is 0 Å². The van der Waals surface area contributed by atoms with Crippen molar-refractivity contribution in [2.45, 2.75) is 4.90 Å². The third-order valence-electron chi connectivity index (χ3n) is 1.48. The van der Waals surface area contributed by atoms with Crippen LogP contribution in [0.15, 0.2) is 41.8 Å². The van der Waals surface area contributed by atoms with Gasteiger partial charge in [0.05, 0.1) is 4.90 Å². The third-order valence-corrected chi connectivity index (χ3v) is 2.33. The van der Waals surface area contributed by atoms with Crippen molar-refractivity contribution in [1.82, 2.24) is 0 Å². The summed E-state index contributed by atoms with van der Waals surface area (Å²) in [7, 11) is -4.37. The van der Waals surface area contributed by atoms with Crippen molar-refractivity contribution in [2.75, 3.05) is 6.61 Å². The minimum Gasteiger partial charge on any atom is -0.744 e. The summed E-state index contributed by atoms with van der Waals surface area (Å²) in [6.07, 6.45) is 1.57. The van der Waals surface area contributed by atoms with Crippen LogP contribution in [0.5, 0.6) is 5.75 Å². The van der Waals surface area contributed by atoms with Gasteiger partial charge in [-0.25, -0.2) is 8.42 Å². The van der Waals surface area contributed by atoms with E-state index < -0.39 is 10.1 Å². The summed E-state index contributed by atoms with van der Waals surface area (Å²) in [6.45, 7) is 3.80.